The molecule has 1 unspecified atom stereocenters. The van der Waals surface area contributed by atoms with Crippen molar-refractivity contribution in [1.82, 2.24) is 0 Å². The predicted octanol–water partition coefficient (Wildman–Crippen LogP) is 3.00. The molecule has 0 heterocycles. The van der Waals surface area contributed by atoms with Crippen molar-refractivity contribution in [1.29, 1.82) is 0 Å². The van der Waals surface area contributed by atoms with E-state index in [1.807, 2.05) is 0 Å². The van der Waals surface area contributed by atoms with Gasteiger partial charge < -0.3 is 0 Å². The average molecular weight is 272 g/mol. The minimum Gasteiger partial charge on any atom is -0.192 e. The Bertz CT molecular complexity index is 464. The third-order valence-corrected chi connectivity index (χ3v) is 3.86. The van der Waals surface area contributed by atoms with Crippen LogP contribution in [0.2, 0.25) is 0 Å². The minimum atomic E-state index is 0. The molecule has 106 valence electrons. The summed E-state index contributed by atoms with van der Waals surface area (Å²) < 4.78 is 0. The molecule has 0 spiro atoms. The van der Waals surface area contributed by atoms with Gasteiger partial charge in [-0.1, -0.05) is 69.0 Å². The van der Waals surface area contributed by atoms with Crippen LogP contribution in [0.3, 0.4) is 0 Å². The molecule has 0 nitrogen and oxygen atoms in total. The fourth-order valence-electron chi connectivity index (χ4n) is 2.65. The van der Waals surface area contributed by atoms with E-state index >= 15 is 0 Å². The molecule has 1 atom stereocenters. The van der Waals surface area contributed by atoms with Gasteiger partial charge in [-0.3, -0.25) is 0 Å². The molecule has 1 heteroatoms. The molecule has 0 aliphatic heterocycles. The first-order valence-corrected chi connectivity index (χ1v) is 7.83. The Morgan fingerprint density at radius 3 is 2.10 bits per heavy atom. The summed E-state index contributed by atoms with van der Waals surface area (Å²) in [5.74, 6) is 0.656. The van der Waals surface area contributed by atoms with E-state index in [4.69, 9.17) is 0 Å². The summed E-state index contributed by atoms with van der Waals surface area (Å²) in [6.45, 7) is 2.27. The summed E-state index contributed by atoms with van der Waals surface area (Å²) in [5.41, 5.74) is 2.82. The van der Waals surface area contributed by atoms with Crippen molar-refractivity contribution in [3.8, 4) is 0 Å². The molecule has 0 N–H and O–H groups in total. The molecule has 0 aliphatic carbocycles. The standard InChI is InChI=1S/C20H25.Li/c1-2-3-6-13-20(19-14-9-5-10-15-19)17-16-18-11-7-4-8-12-18;/h4-5,7-12,14-16,20H,2-3,6,13,17H2,1H3;/q-1;+1. The molecule has 2 aromatic rings. The Morgan fingerprint density at radius 1 is 0.857 bits per heavy atom. The molecule has 0 saturated heterocycles. The van der Waals surface area contributed by atoms with E-state index in [-0.39, 0.29) is 18.9 Å². The van der Waals surface area contributed by atoms with Gasteiger partial charge in [0.25, 0.3) is 0 Å². The second-order valence-corrected chi connectivity index (χ2v) is 5.45. The van der Waals surface area contributed by atoms with Crippen molar-refractivity contribution in [3.05, 3.63) is 78.2 Å². The van der Waals surface area contributed by atoms with Gasteiger partial charge in [-0.25, -0.2) is 0 Å². The Labute approximate surface area is 142 Å². The van der Waals surface area contributed by atoms with Crippen LogP contribution in [0.4, 0.5) is 0 Å². The van der Waals surface area contributed by atoms with Crippen LogP contribution >= 0.6 is 0 Å². The SMILES string of the molecule is CCCCCC(C[CH-]c1ccccc1)c1ccccc1.[Li+]. The van der Waals surface area contributed by atoms with Gasteiger partial charge in [0.2, 0.25) is 0 Å². The molecule has 21 heavy (non-hydrogen) atoms. The van der Waals surface area contributed by atoms with Crippen LogP contribution < -0.4 is 18.9 Å². The van der Waals surface area contributed by atoms with Gasteiger partial charge in [-0.2, -0.15) is 24.1 Å². The largest absolute Gasteiger partial charge is 1.00 e. The Kier molecular flexibility index (Phi) is 9.07. The molecular formula is C20H25Li. The summed E-state index contributed by atoms with van der Waals surface area (Å²) in [5, 5.41) is 0. The third kappa shape index (κ3) is 6.47. The monoisotopic (exact) mass is 272 g/mol. The van der Waals surface area contributed by atoms with Gasteiger partial charge in [0, 0.05) is 0 Å². The number of unbranched alkanes of at least 4 members (excludes halogenated alkanes) is 2. The molecule has 0 amide bonds. The number of benzene rings is 2. The summed E-state index contributed by atoms with van der Waals surface area (Å²) in [4.78, 5) is 0. The third-order valence-electron chi connectivity index (χ3n) is 3.86. The fourth-order valence-corrected chi connectivity index (χ4v) is 2.65. The van der Waals surface area contributed by atoms with Gasteiger partial charge in [-0.05, 0) is 17.9 Å². The Morgan fingerprint density at radius 2 is 1.48 bits per heavy atom. The number of hydrogen-bond donors (Lipinski definition) is 0. The second-order valence-electron chi connectivity index (χ2n) is 5.45. The maximum absolute atomic E-state index is 2.38. The first-order valence-electron chi connectivity index (χ1n) is 7.83. The van der Waals surface area contributed by atoms with Gasteiger partial charge in [-0.15, -0.1) is 12.1 Å². The van der Waals surface area contributed by atoms with E-state index in [1.54, 1.807) is 0 Å². The zero-order valence-electron chi connectivity index (χ0n) is 13.5. The molecule has 0 radical (unpaired) electrons. The van der Waals surface area contributed by atoms with Crippen molar-refractivity contribution in [2.24, 2.45) is 0 Å². The quantitative estimate of drug-likeness (QED) is 0.394. The minimum absolute atomic E-state index is 0. The molecular weight excluding hydrogens is 247 g/mol. The van der Waals surface area contributed by atoms with Crippen molar-refractivity contribution in [2.45, 2.75) is 44.9 Å². The van der Waals surface area contributed by atoms with Crippen LogP contribution in [0.25, 0.3) is 0 Å². The fraction of sp³-hybridized carbons (Fsp3) is 0.350. The van der Waals surface area contributed by atoms with Crippen molar-refractivity contribution in [2.75, 3.05) is 0 Å². The van der Waals surface area contributed by atoms with Crippen LogP contribution in [0.5, 0.6) is 0 Å². The van der Waals surface area contributed by atoms with Crippen LogP contribution in [-0.4, -0.2) is 0 Å². The Balaban J connectivity index is 0.00000220. The molecule has 0 bridgehead atoms. The van der Waals surface area contributed by atoms with Gasteiger partial charge in [0.05, 0.1) is 0 Å². The van der Waals surface area contributed by atoms with E-state index in [0.29, 0.717) is 5.92 Å². The van der Waals surface area contributed by atoms with Crippen molar-refractivity contribution in [3.63, 3.8) is 0 Å². The van der Waals surface area contributed by atoms with E-state index in [1.165, 1.54) is 36.8 Å². The van der Waals surface area contributed by atoms with E-state index in [9.17, 15) is 0 Å². The maximum atomic E-state index is 2.38. The summed E-state index contributed by atoms with van der Waals surface area (Å²) in [6, 6.07) is 21.6. The second kappa shape index (κ2) is 10.6. The molecule has 2 rings (SSSR count). The smallest absolute Gasteiger partial charge is 0.192 e. The summed E-state index contributed by atoms with van der Waals surface area (Å²) in [6.07, 6.45) is 8.78. The van der Waals surface area contributed by atoms with Crippen LogP contribution in [0, 0.1) is 6.42 Å². The summed E-state index contributed by atoms with van der Waals surface area (Å²) in [7, 11) is 0. The number of rotatable bonds is 8. The number of hydrogen-bond acceptors (Lipinski definition) is 0. The maximum Gasteiger partial charge on any atom is 1.00 e. The molecule has 0 aliphatic rings. The summed E-state index contributed by atoms with van der Waals surface area (Å²) >= 11 is 0. The van der Waals surface area contributed by atoms with Crippen LogP contribution in [0.15, 0.2) is 60.7 Å². The van der Waals surface area contributed by atoms with E-state index in [0.717, 1.165) is 6.42 Å². The Hall–Kier alpha value is -1.09. The molecule has 2 aromatic carbocycles. The van der Waals surface area contributed by atoms with Crippen molar-refractivity contribution < 1.29 is 18.9 Å². The first kappa shape index (κ1) is 18.0. The normalized spacial score (nSPS) is 11.5. The zero-order chi connectivity index (χ0) is 14.0. The van der Waals surface area contributed by atoms with Crippen LogP contribution in [0.1, 0.15) is 56.1 Å². The van der Waals surface area contributed by atoms with E-state index in [2.05, 4.69) is 74.0 Å². The van der Waals surface area contributed by atoms with Crippen LogP contribution in [-0.2, 0) is 0 Å². The van der Waals surface area contributed by atoms with Crippen molar-refractivity contribution >= 4 is 0 Å². The van der Waals surface area contributed by atoms with Gasteiger partial charge >= 0.3 is 18.9 Å². The molecule has 0 fully saturated rings. The first-order chi connectivity index (χ1) is 9.90. The molecule has 0 aromatic heterocycles. The van der Waals surface area contributed by atoms with Gasteiger partial charge in [0.1, 0.15) is 0 Å². The zero-order valence-corrected chi connectivity index (χ0v) is 13.5. The average Bonchev–Trinajstić information content (AvgIpc) is 2.52. The molecule has 0 saturated carbocycles. The van der Waals surface area contributed by atoms with Gasteiger partial charge in [0.15, 0.2) is 0 Å². The van der Waals surface area contributed by atoms with E-state index < -0.39 is 0 Å². The topological polar surface area (TPSA) is 0 Å². The predicted molar refractivity (Wildman–Crippen MR) is 87.8 cm³/mol.